The van der Waals surface area contributed by atoms with E-state index >= 15 is 0 Å². The van der Waals surface area contributed by atoms with Gasteiger partial charge >= 0.3 is 5.97 Å². The minimum atomic E-state index is -1.57. The van der Waals surface area contributed by atoms with E-state index in [-0.39, 0.29) is 11.4 Å². The first-order valence-corrected chi connectivity index (χ1v) is 5.17. The standard InChI is InChI=1S/C12H14FNO4/c1-12(2,11(16)17)10(15)14-7-4-5-8(13)9(6-7)18-3/h4-6H,1-3H3,(H,14,15)(H,16,17). The maximum atomic E-state index is 13.1. The SMILES string of the molecule is COc1cc(NC(=O)C(C)(C)C(=O)O)ccc1F. The third kappa shape index (κ3) is 2.77. The zero-order valence-corrected chi connectivity index (χ0v) is 10.3. The van der Waals surface area contributed by atoms with E-state index in [9.17, 15) is 14.0 Å². The van der Waals surface area contributed by atoms with Crippen LogP contribution >= 0.6 is 0 Å². The van der Waals surface area contributed by atoms with Gasteiger partial charge in [0, 0.05) is 11.8 Å². The third-order valence-electron chi connectivity index (χ3n) is 2.51. The maximum Gasteiger partial charge on any atom is 0.318 e. The second-order valence-electron chi connectivity index (χ2n) is 4.23. The summed E-state index contributed by atoms with van der Waals surface area (Å²) in [7, 11) is 1.30. The summed E-state index contributed by atoms with van der Waals surface area (Å²) in [5, 5.41) is 11.3. The van der Waals surface area contributed by atoms with Gasteiger partial charge < -0.3 is 15.2 Å². The van der Waals surface area contributed by atoms with Crippen molar-refractivity contribution in [2.75, 3.05) is 12.4 Å². The molecule has 0 aliphatic carbocycles. The number of amides is 1. The monoisotopic (exact) mass is 255 g/mol. The number of ether oxygens (including phenoxy) is 1. The van der Waals surface area contributed by atoms with Crippen LogP contribution < -0.4 is 10.1 Å². The van der Waals surface area contributed by atoms with E-state index in [0.29, 0.717) is 0 Å². The molecular formula is C12H14FNO4. The first-order chi connectivity index (χ1) is 8.28. The Balaban J connectivity index is 2.92. The summed E-state index contributed by atoms with van der Waals surface area (Å²) in [5.41, 5.74) is -1.30. The number of rotatable bonds is 4. The molecular weight excluding hydrogens is 241 g/mol. The average molecular weight is 255 g/mol. The van der Waals surface area contributed by atoms with E-state index < -0.39 is 23.1 Å². The number of hydrogen-bond acceptors (Lipinski definition) is 3. The van der Waals surface area contributed by atoms with E-state index in [1.807, 2.05) is 0 Å². The van der Waals surface area contributed by atoms with E-state index in [0.717, 1.165) is 6.07 Å². The Hall–Kier alpha value is -2.11. The zero-order valence-electron chi connectivity index (χ0n) is 10.3. The van der Waals surface area contributed by atoms with Crippen LogP contribution in [0.1, 0.15) is 13.8 Å². The fourth-order valence-corrected chi connectivity index (χ4v) is 1.12. The molecule has 0 spiro atoms. The molecule has 0 aliphatic heterocycles. The summed E-state index contributed by atoms with van der Waals surface area (Å²) in [5.74, 6) is -2.52. The Bertz CT molecular complexity index is 485. The van der Waals surface area contributed by atoms with E-state index in [1.54, 1.807) is 0 Å². The lowest BCUT2D eigenvalue weighted by molar-refractivity contribution is -0.151. The quantitative estimate of drug-likeness (QED) is 0.805. The number of carbonyl (C=O) groups excluding carboxylic acids is 1. The fourth-order valence-electron chi connectivity index (χ4n) is 1.12. The number of carboxylic acids is 1. The van der Waals surface area contributed by atoms with Gasteiger partial charge in [0.25, 0.3) is 0 Å². The molecule has 0 saturated carbocycles. The van der Waals surface area contributed by atoms with Crippen LogP contribution in [0.2, 0.25) is 0 Å². The highest BCUT2D eigenvalue weighted by atomic mass is 19.1. The molecule has 0 heterocycles. The van der Waals surface area contributed by atoms with Crippen LogP contribution in [0, 0.1) is 11.2 Å². The van der Waals surface area contributed by atoms with Crippen LogP contribution in [-0.2, 0) is 9.59 Å². The van der Waals surface area contributed by atoms with Crippen molar-refractivity contribution in [2.45, 2.75) is 13.8 Å². The normalized spacial score (nSPS) is 10.9. The van der Waals surface area contributed by atoms with Crippen LogP contribution in [0.5, 0.6) is 5.75 Å². The Kier molecular flexibility index (Phi) is 3.90. The number of hydrogen-bond donors (Lipinski definition) is 2. The molecule has 18 heavy (non-hydrogen) atoms. The van der Waals surface area contributed by atoms with Crippen molar-refractivity contribution in [3.63, 3.8) is 0 Å². The third-order valence-corrected chi connectivity index (χ3v) is 2.51. The predicted octanol–water partition coefficient (Wildman–Crippen LogP) is 1.88. The maximum absolute atomic E-state index is 13.1. The number of nitrogens with one attached hydrogen (secondary N) is 1. The van der Waals surface area contributed by atoms with Crippen molar-refractivity contribution < 1.29 is 23.8 Å². The molecule has 5 nitrogen and oxygen atoms in total. The molecule has 1 amide bonds. The average Bonchev–Trinajstić information content (AvgIpc) is 2.31. The molecule has 1 aromatic carbocycles. The second-order valence-corrected chi connectivity index (χ2v) is 4.23. The van der Waals surface area contributed by atoms with Gasteiger partial charge in [0.2, 0.25) is 5.91 Å². The molecule has 2 N–H and O–H groups in total. The molecule has 0 unspecified atom stereocenters. The number of aliphatic carboxylic acids is 1. The largest absolute Gasteiger partial charge is 0.494 e. The minimum Gasteiger partial charge on any atom is -0.494 e. The molecule has 98 valence electrons. The summed E-state index contributed by atoms with van der Waals surface area (Å²) in [6, 6.07) is 3.74. The van der Waals surface area contributed by atoms with Crippen molar-refractivity contribution in [1.82, 2.24) is 0 Å². The van der Waals surface area contributed by atoms with Crippen molar-refractivity contribution >= 4 is 17.6 Å². The van der Waals surface area contributed by atoms with Gasteiger partial charge in [-0.15, -0.1) is 0 Å². The van der Waals surface area contributed by atoms with Crippen LogP contribution in [0.3, 0.4) is 0 Å². The van der Waals surface area contributed by atoms with Gasteiger partial charge in [-0.05, 0) is 26.0 Å². The summed E-state index contributed by atoms with van der Waals surface area (Å²) in [6.07, 6.45) is 0. The lowest BCUT2D eigenvalue weighted by atomic mass is 9.92. The van der Waals surface area contributed by atoms with Crippen molar-refractivity contribution in [3.8, 4) is 5.75 Å². The van der Waals surface area contributed by atoms with Gasteiger partial charge in [0.1, 0.15) is 5.41 Å². The summed E-state index contributed by atoms with van der Waals surface area (Å²) in [6.45, 7) is 2.57. The molecule has 0 fully saturated rings. The van der Waals surface area contributed by atoms with Crippen molar-refractivity contribution in [2.24, 2.45) is 5.41 Å². The van der Waals surface area contributed by atoms with Gasteiger partial charge in [-0.3, -0.25) is 9.59 Å². The Morgan fingerprint density at radius 1 is 1.39 bits per heavy atom. The Morgan fingerprint density at radius 3 is 2.50 bits per heavy atom. The lowest BCUT2D eigenvalue weighted by Gasteiger charge is -2.18. The first kappa shape index (κ1) is 14.0. The topological polar surface area (TPSA) is 75.6 Å². The number of methoxy groups -OCH3 is 1. The lowest BCUT2D eigenvalue weighted by Crippen LogP contribution is -2.37. The van der Waals surface area contributed by atoms with Gasteiger partial charge in [-0.1, -0.05) is 0 Å². The molecule has 0 atom stereocenters. The van der Waals surface area contributed by atoms with Crippen molar-refractivity contribution in [1.29, 1.82) is 0 Å². The Morgan fingerprint density at radius 2 is 2.00 bits per heavy atom. The van der Waals surface area contributed by atoms with Crippen molar-refractivity contribution in [3.05, 3.63) is 24.0 Å². The molecule has 0 saturated heterocycles. The highest BCUT2D eigenvalue weighted by Crippen LogP contribution is 2.24. The summed E-state index contributed by atoms with van der Waals surface area (Å²) >= 11 is 0. The second kappa shape index (κ2) is 5.03. The van der Waals surface area contributed by atoms with Gasteiger partial charge in [-0.25, -0.2) is 4.39 Å². The molecule has 1 rings (SSSR count). The molecule has 6 heteroatoms. The van der Waals surface area contributed by atoms with Crippen LogP contribution in [0.4, 0.5) is 10.1 Å². The molecule has 1 aromatic rings. The molecule has 0 bridgehead atoms. The zero-order chi connectivity index (χ0) is 13.9. The van der Waals surface area contributed by atoms with Gasteiger partial charge in [-0.2, -0.15) is 0 Å². The highest BCUT2D eigenvalue weighted by Gasteiger charge is 2.36. The minimum absolute atomic E-state index is 0.0269. The van der Waals surface area contributed by atoms with Crippen LogP contribution in [0.25, 0.3) is 0 Å². The predicted molar refractivity (Wildman–Crippen MR) is 63.0 cm³/mol. The fraction of sp³-hybridized carbons (Fsp3) is 0.333. The number of halogens is 1. The number of carbonyl (C=O) groups is 2. The summed E-state index contributed by atoms with van der Waals surface area (Å²) in [4.78, 5) is 22.6. The highest BCUT2D eigenvalue weighted by molar-refractivity contribution is 6.07. The van der Waals surface area contributed by atoms with E-state index in [4.69, 9.17) is 9.84 Å². The summed E-state index contributed by atoms with van der Waals surface area (Å²) < 4.78 is 17.9. The first-order valence-electron chi connectivity index (χ1n) is 5.17. The van der Waals surface area contributed by atoms with Gasteiger partial charge in [0.05, 0.1) is 7.11 Å². The number of anilines is 1. The van der Waals surface area contributed by atoms with Crippen LogP contribution in [0.15, 0.2) is 18.2 Å². The number of benzene rings is 1. The molecule has 0 radical (unpaired) electrons. The smallest absolute Gasteiger partial charge is 0.318 e. The molecule has 0 aliphatic rings. The number of carboxylic acid groups (broad SMARTS) is 1. The molecule has 0 aromatic heterocycles. The van der Waals surface area contributed by atoms with E-state index in [1.165, 1.54) is 33.1 Å². The van der Waals surface area contributed by atoms with Crippen LogP contribution in [-0.4, -0.2) is 24.1 Å². The van der Waals surface area contributed by atoms with Gasteiger partial charge in [0.15, 0.2) is 11.6 Å². The Labute approximate surface area is 104 Å². The van der Waals surface area contributed by atoms with E-state index in [2.05, 4.69) is 5.32 Å².